The molecule has 0 unspecified atom stereocenters. The molecule has 0 fully saturated rings. The van der Waals surface area contributed by atoms with E-state index in [2.05, 4.69) is 0 Å². The molecule has 0 atom stereocenters. The summed E-state index contributed by atoms with van der Waals surface area (Å²) in [5.41, 5.74) is 0.272. The van der Waals surface area contributed by atoms with Gasteiger partial charge in [-0.3, -0.25) is 0 Å². The van der Waals surface area contributed by atoms with Crippen LogP contribution in [0.25, 0.3) is 0 Å². The third kappa shape index (κ3) is 2.45. The van der Waals surface area contributed by atoms with Gasteiger partial charge in [0.2, 0.25) is 0 Å². The monoisotopic (exact) mass is 264 g/mol. The molecule has 0 bridgehead atoms. The highest BCUT2D eigenvalue weighted by Crippen LogP contribution is 2.29. The first-order chi connectivity index (χ1) is 7.27. The van der Waals surface area contributed by atoms with E-state index in [1.54, 1.807) is 0 Å². The summed E-state index contributed by atoms with van der Waals surface area (Å²) in [6.07, 6.45) is 0. The Morgan fingerprint density at radius 3 is 2.38 bits per heavy atom. The zero-order chi connectivity index (χ0) is 12.5. The SMILES string of the molecule is COc1cc(C)c(C(=O)O)cc1S(=O)(=O)Cl. The molecule has 16 heavy (non-hydrogen) atoms. The fourth-order valence-corrected chi connectivity index (χ4v) is 2.24. The number of carboxylic acids is 1. The fraction of sp³-hybridized carbons (Fsp3) is 0.222. The van der Waals surface area contributed by atoms with Gasteiger partial charge in [0.25, 0.3) is 9.05 Å². The molecule has 0 radical (unpaired) electrons. The Bertz CT molecular complexity index is 535. The molecule has 0 saturated heterocycles. The summed E-state index contributed by atoms with van der Waals surface area (Å²) < 4.78 is 27.2. The minimum Gasteiger partial charge on any atom is -0.495 e. The molecule has 1 rings (SSSR count). The van der Waals surface area contributed by atoms with E-state index in [4.69, 9.17) is 20.5 Å². The Kier molecular flexibility index (Phi) is 3.44. The van der Waals surface area contributed by atoms with Crippen molar-refractivity contribution < 1.29 is 23.1 Å². The summed E-state index contributed by atoms with van der Waals surface area (Å²) in [5, 5.41) is 8.84. The molecule has 88 valence electrons. The highest BCUT2D eigenvalue weighted by Gasteiger charge is 2.21. The Labute approximate surface area is 97.0 Å². The molecular weight excluding hydrogens is 256 g/mol. The van der Waals surface area contributed by atoms with E-state index < -0.39 is 15.0 Å². The lowest BCUT2D eigenvalue weighted by Crippen LogP contribution is -2.04. The van der Waals surface area contributed by atoms with Crippen molar-refractivity contribution in [2.24, 2.45) is 0 Å². The molecular formula is C9H9ClO5S. The van der Waals surface area contributed by atoms with Crippen molar-refractivity contribution in [2.75, 3.05) is 7.11 Å². The lowest BCUT2D eigenvalue weighted by molar-refractivity contribution is 0.0696. The molecule has 0 amide bonds. The molecule has 0 aliphatic rings. The van der Waals surface area contributed by atoms with Crippen molar-refractivity contribution in [3.05, 3.63) is 23.3 Å². The van der Waals surface area contributed by atoms with Crippen LogP contribution in [-0.4, -0.2) is 26.6 Å². The fourth-order valence-electron chi connectivity index (χ4n) is 1.24. The number of benzene rings is 1. The number of carboxylic acid groups (broad SMARTS) is 1. The number of halogens is 1. The van der Waals surface area contributed by atoms with Crippen molar-refractivity contribution in [1.29, 1.82) is 0 Å². The van der Waals surface area contributed by atoms with Gasteiger partial charge in [0, 0.05) is 10.7 Å². The first kappa shape index (κ1) is 12.8. The van der Waals surface area contributed by atoms with Crippen LogP contribution in [0, 0.1) is 6.92 Å². The minimum atomic E-state index is -4.03. The second-order valence-corrected chi connectivity index (χ2v) is 5.60. The van der Waals surface area contributed by atoms with Gasteiger partial charge >= 0.3 is 5.97 Å². The highest BCUT2D eigenvalue weighted by molar-refractivity contribution is 8.13. The van der Waals surface area contributed by atoms with E-state index in [1.807, 2.05) is 0 Å². The standard InChI is InChI=1S/C9H9ClO5S/c1-5-3-7(15-2)8(16(10,13)14)4-6(5)9(11)12/h3-4H,1-2H3,(H,11,12). The van der Waals surface area contributed by atoms with Gasteiger partial charge in [0.05, 0.1) is 12.7 Å². The molecule has 0 aromatic heterocycles. The number of hydrogen-bond donors (Lipinski definition) is 1. The zero-order valence-corrected chi connectivity index (χ0v) is 10.1. The predicted molar refractivity (Wildman–Crippen MR) is 57.7 cm³/mol. The van der Waals surface area contributed by atoms with E-state index in [9.17, 15) is 13.2 Å². The van der Waals surface area contributed by atoms with Gasteiger partial charge in [-0.15, -0.1) is 0 Å². The number of carbonyl (C=O) groups is 1. The van der Waals surface area contributed by atoms with Gasteiger partial charge in [-0.1, -0.05) is 0 Å². The van der Waals surface area contributed by atoms with Crippen molar-refractivity contribution in [3.63, 3.8) is 0 Å². The van der Waals surface area contributed by atoms with Crippen LogP contribution >= 0.6 is 10.7 Å². The number of aromatic carboxylic acids is 1. The summed E-state index contributed by atoms with van der Waals surface area (Å²) in [4.78, 5) is 10.5. The molecule has 1 aromatic rings. The van der Waals surface area contributed by atoms with Crippen LogP contribution in [0.3, 0.4) is 0 Å². The third-order valence-electron chi connectivity index (χ3n) is 2.00. The molecule has 0 aliphatic heterocycles. The number of ether oxygens (including phenoxy) is 1. The summed E-state index contributed by atoms with van der Waals surface area (Å²) in [7, 11) is 2.41. The summed E-state index contributed by atoms with van der Waals surface area (Å²) in [5.74, 6) is -1.20. The predicted octanol–water partition coefficient (Wildman–Crippen LogP) is 1.63. The highest BCUT2D eigenvalue weighted by atomic mass is 35.7. The number of rotatable bonds is 3. The lowest BCUT2D eigenvalue weighted by Gasteiger charge is -2.09. The van der Waals surface area contributed by atoms with Crippen LogP contribution in [0.4, 0.5) is 0 Å². The van der Waals surface area contributed by atoms with Crippen LogP contribution < -0.4 is 4.74 Å². The van der Waals surface area contributed by atoms with Gasteiger partial charge in [0.15, 0.2) is 0 Å². The molecule has 1 N–H and O–H groups in total. The maximum absolute atomic E-state index is 11.2. The number of methoxy groups -OCH3 is 1. The molecule has 0 spiro atoms. The van der Waals surface area contributed by atoms with Gasteiger partial charge in [-0.25, -0.2) is 13.2 Å². The topological polar surface area (TPSA) is 80.7 Å². The minimum absolute atomic E-state index is 0.0255. The van der Waals surface area contributed by atoms with Crippen molar-refractivity contribution >= 4 is 25.7 Å². The van der Waals surface area contributed by atoms with Gasteiger partial charge in [-0.2, -0.15) is 0 Å². The largest absolute Gasteiger partial charge is 0.495 e. The van der Waals surface area contributed by atoms with Crippen molar-refractivity contribution in [3.8, 4) is 5.75 Å². The second-order valence-electron chi connectivity index (χ2n) is 3.06. The van der Waals surface area contributed by atoms with Gasteiger partial charge < -0.3 is 9.84 Å². The molecule has 5 nitrogen and oxygen atoms in total. The first-order valence-corrected chi connectivity index (χ1v) is 6.45. The number of aryl methyl sites for hydroxylation is 1. The number of hydrogen-bond acceptors (Lipinski definition) is 4. The third-order valence-corrected chi connectivity index (χ3v) is 3.35. The van der Waals surface area contributed by atoms with Gasteiger partial charge in [-0.05, 0) is 24.6 Å². The van der Waals surface area contributed by atoms with Crippen LogP contribution in [0.1, 0.15) is 15.9 Å². The molecule has 7 heteroatoms. The van der Waals surface area contributed by atoms with Crippen LogP contribution in [-0.2, 0) is 9.05 Å². The van der Waals surface area contributed by atoms with Crippen molar-refractivity contribution in [2.45, 2.75) is 11.8 Å². The Balaban J connectivity index is 3.60. The quantitative estimate of drug-likeness (QED) is 0.839. The van der Waals surface area contributed by atoms with Gasteiger partial charge in [0.1, 0.15) is 10.6 Å². The zero-order valence-electron chi connectivity index (χ0n) is 8.52. The maximum Gasteiger partial charge on any atom is 0.336 e. The lowest BCUT2D eigenvalue weighted by atomic mass is 10.1. The van der Waals surface area contributed by atoms with E-state index >= 15 is 0 Å². The smallest absolute Gasteiger partial charge is 0.336 e. The van der Waals surface area contributed by atoms with Crippen molar-refractivity contribution in [1.82, 2.24) is 0 Å². The van der Waals surface area contributed by atoms with Crippen LogP contribution in [0.5, 0.6) is 5.75 Å². The molecule has 0 saturated carbocycles. The van der Waals surface area contributed by atoms with Crippen LogP contribution in [0.15, 0.2) is 17.0 Å². The Morgan fingerprint density at radius 1 is 1.44 bits per heavy atom. The Hall–Kier alpha value is -1.27. The average Bonchev–Trinajstić information content (AvgIpc) is 2.14. The van der Waals surface area contributed by atoms with E-state index in [-0.39, 0.29) is 16.2 Å². The van der Waals surface area contributed by atoms with E-state index in [0.717, 1.165) is 6.07 Å². The van der Waals surface area contributed by atoms with Crippen LogP contribution in [0.2, 0.25) is 0 Å². The summed E-state index contributed by atoms with van der Waals surface area (Å²) >= 11 is 0. The van der Waals surface area contributed by atoms with E-state index in [0.29, 0.717) is 5.56 Å². The van der Waals surface area contributed by atoms with E-state index in [1.165, 1.54) is 20.1 Å². The first-order valence-electron chi connectivity index (χ1n) is 4.14. The normalized spacial score (nSPS) is 11.2. The average molecular weight is 265 g/mol. The second kappa shape index (κ2) is 4.31. The molecule has 1 aromatic carbocycles. The molecule has 0 heterocycles. The molecule has 0 aliphatic carbocycles. The Morgan fingerprint density at radius 2 is 2.00 bits per heavy atom. The summed E-state index contributed by atoms with van der Waals surface area (Å²) in [6.45, 7) is 1.54. The maximum atomic E-state index is 11.2. The summed E-state index contributed by atoms with van der Waals surface area (Å²) in [6, 6.07) is 2.30.